The number of carbonyl (C=O) groups is 2. The minimum Gasteiger partial charge on any atom is -0.497 e. The highest BCUT2D eigenvalue weighted by atomic mass is 16.5. The molecule has 0 unspecified atom stereocenters. The zero-order chi connectivity index (χ0) is 24.8. The van der Waals surface area contributed by atoms with Crippen molar-refractivity contribution in [2.24, 2.45) is 0 Å². The summed E-state index contributed by atoms with van der Waals surface area (Å²) in [5.41, 5.74) is 0.0848. The summed E-state index contributed by atoms with van der Waals surface area (Å²) in [6.07, 6.45) is 1.87. The number of imide groups is 1. The summed E-state index contributed by atoms with van der Waals surface area (Å²) in [4.78, 5) is 32.7. The Kier molecular flexibility index (Phi) is 8.10. The van der Waals surface area contributed by atoms with E-state index in [2.05, 4.69) is 4.90 Å². The standard InChI is InChI=1S/C26H35N3O6/c1-32-16-4-13-29-25(31)28(17-20-5-7-21(34-3)8-6-20)24(30)26(29)11-14-27(15-12-26)18-22-9-10-23(35-22)19-33-2/h5-10H,4,11-19H2,1-3H3. The quantitative estimate of drug-likeness (QED) is 0.357. The number of ether oxygens (including phenoxy) is 3. The van der Waals surface area contributed by atoms with Gasteiger partial charge in [-0.1, -0.05) is 12.1 Å². The third-order valence-corrected chi connectivity index (χ3v) is 6.92. The van der Waals surface area contributed by atoms with Crippen LogP contribution in [0, 0.1) is 0 Å². The second kappa shape index (κ2) is 11.2. The van der Waals surface area contributed by atoms with E-state index in [0.29, 0.717) is 58.7 Å². The maximum Gasteiger partial charge on any atom is 0.327 e. The summed E-state index contributed by atoms with van der Waals surface area (Å²) < 4.78 is 21.4. The molecule has 0 atom stereocenters. The van der Waals surface area contributed by atoms with Crippen molar-refractivity contribution in [2.45, 2.75) is 44.5 Å². The van der Waals surface area contributed by atoms with Crippen LogP contribution in [0.3, 0.4) is 0 Å². The summed E-state index contributed by atoms with van der Waals surface area (Å²) in [7, 11) is 4.90. The smallest absolute Gasteiger partial charge is 0.327 e. The van der Waals surface area contributed by atoms with Gasteiger partial charge in [0, 0.05) is 40.5 Å². The monoisotopic (exact) mass is 485 g/mol. The molecule has 2 aliphatic rings. The lowest BCUT2D eigenvalue weighted by molar-refractivity contribution is -0.136. The highest BCUT2D eigenvalue weighted by Gasteiger charge is 2.57. The number of furan rings is 1. The average molecular weight is 486 g/mol. The highest BCUT2D eigenvalue weighted by molar-refractivity contribution is 6.07. The van der Waals surface area contributed by atoms with Crippen molar-refractivity contribution in [2.75, 3.05) is 47.6 Å². The molecule has 0 radical (unpaired) electrons. The number of methoxy groups -OCH3 is 3. The van der Waals surface area contributed by atoms with E-state index in [9.17, 15) is 9.59 Å². The molecule has 3 heterocycles. The number of likely N-dealkylation sites (tertiary alicyclic amines) is 1. The first-order valence-electron chi connectivity index (χ1n) is 12.0. The number of urea groups is 1. The van der Waals surface area contributed by atoms with E-state index in [0.717, 1.165) is 22.8 Å². The Morgan fingerprint density at radius 1 is 0.914 bits per heavy atom. The van der Waals surface area contributed by atoms with Gasteiger partial charge in [0.1, 0.15) is 29.4 Å². The zero-order valence-corrected chi connectivity index (χ0v) is 20.8. The molecule has 1 spiro atoms. The molecule has 1 aromatic heterocycles. The number of rotatable bonds is 11. The van der Waals surface area contributed by atoms with Gasteiger partial charge in [-0.2, -0.15) is 0 Å². The molecule has 190 valence electrons. The maximum atomic E-state index is 13.8. The number of amides is 3. The van der Waals surface area contributed by atoms with E-state index in [1.807, 2.05) is 36.4 Å². The summed E-state index contributed by atoms with van der Waals surface area (Å²) in [5.74, 6) is 2.31. The van der Waals surface area contributed by atoms with Crippen LogP contribution in [0.4, 0.5) is 4.79 Å². The van der Waals surface area contributed by atoms with Crippen LogP contribution in [0.15, 0.2) is 40.8 Å². The molecule has 0 aliphatic carbocycles. The Balaban J connectivity index is 1.47. The molecule has 2 fully saturated rings. The zero-order valence-electron chi connectivity index (χ0n) is 20.8. The maximum absolute atomic E-state index is 13.8. The Hall–Kier alpha value is -2.88. The Morgan fingerprint density at radius 2 is 1.63 bits per heavy atom. The van der Waals surface area contributed by atoms with Gasteiger partial charge in [0.15, 0.2) is 0 Å². The molecule has 2 aliphatic heterocycles. The van der Waals surface area contributed by atoms with Crippen molar-refractivity contribution in [3.05, 3.63) is 53.5 Å². The van der Waals surface area contributed by atoms with Crippen LogP contribution in [-0.2, 0) is 34.0 Å². The van der Waals surface area contributed by atoms with Gasteiger partial charge < -0.3 is 23.5 Å². The van der Waals surface area contributed by atoms with Crippen molar-refractivity contribution in [3.8, 4) is 5.75 Å². The van der Waals surface area contributed by atoms with Gasteiger partial charge >= 0.3 is 6.03 Å². The van der Waals surface area contributed by atoms with E-state index in [1.165, 1.54) is 4.90 Å². The fraction of sp³-hybridized carbons (Fsp3) is 0.538. The lowest BCUT2D eigenvalue weighted by atomic mass is 9.85. The number of carbonyl (C=O) groups excluding carboxylic acids is 2. The molecule has 0 N–H and O–H groups in total. The Bertz CT molecular complexity index is 997. The molecule has 9 heteroatoms. The molecule has 3 amide bonds. The first-order chi connectivity index (χ1) is 17.0. The second-order valence-electron chi connectivity index (χ2n) is 9.13. The second-order valence-corrected chi connectivity index (χ2v) is 9.13. The number of hydrogen-bond donors (Lipinski definition) is 0. The molecule has 35 heavy (non-hydrogen) atoms. The van der Waals surface area contributed by atoms with Crippen LogP contribution in [0.25, 0.3) is 0 Å². The van der Waals surface area contributed by atoms with Crippen molar-refractivity contribution in [1.29, 1.82) is 0 Å². The van der Waals surface area contributed by atoms with Gasteiger partial charge in [0.2, 0.25) is 0 Å². The third kappa shape index (κ3) is 5.37. The summed E-state index contributed by atoms with van der Waals surface area (Å²) in [5, 5.41) is 0. The summed E-state index contributed by atoms with van der Waals surface area (Å²) in [6.45, 7) is 3.81. The summed E-state index contributed by atoms with van der Waals surface area (Å²) >= 11 is 0. The van der Waals surface area contributed by atoms with E-state index in [-0.39, 0.29) is 18.5 Å². The topological polar surface area (TPSA) is 84.7 Å². The molecule has 2 saturated heterocycles. The van der Waals surface area contributed by atoms with Gasteiger partial charge in [0.05, 0.1) is 20.2 Å². The van der Waals surface area contributed by atoms with Gasteiger partial charge in [-0.3, -0.25) is 14.6 Å². The first-order valence-corrected chi connectivity index (χ1v) is 12.0. The molecule has 0 bridgehead atoms. The van der Waals surface area contributed by atoms with Gasteiger partial charge in [-0.15, -0.1) is 0 Å². The van der Waals surface area contributed by atoms with Crippen LogP contribution in [-0.4, -0.2) is 79.7 Å². The van der Waals surface area contributed by atoms with E-state index >= 15 is 0 Å². The Morgan fingerprint density at radius 3 is 2.29 bits per heavy atom. The van der Waals surface area contributed by atoms with Crippen LogP contribution >= 0.6 is 0 Å². The predicted molar refractivity (Wildman–Crippen MR) is 129 cm³/mol. The SMILES string of the molecule is COCCCN1C(=O)N(Cc2ccc(OC)cc2)C(=O)C12CCN(Cc1ccc(COC)o1)CC2. The third-order valence-electron chi connectivity index (χ3n) is 6.92. The molecular formula is C26H35N3O6. The van der Waals surface area contributed by atoms with Crippen LogP contribution in [0.5, 0.6) is 5.75 Å². The molecule has 1 aromatic carbocycles. The van der Waals surface area contributed by atoms with E-state index in [4.69, 9.17) is 18.6 Å². The summed E-state index contributed by atoms with van der Waals surface area (Å²) in [6, 6.07) is 11.2. The minimum absolute atomic E-state index is 0.101. The normalized spacial score (nSPS) is 18.1. The van der Waals surface area contributed by atoms with Crippen LogP contribution in [0.2, 0.25) is 0 Å². The van der Waals surface area contributed by atoms with Crippen LogP contribution in [0.1, 0.15) is 36.3 Å². The minimum atomic E-state index is -0.807. The molecule has 0 saturated carbocycles. The van der Waals surface area contributed by atoms with E-state index in [1.54, 1.807) is 26.2 Å². The van der Waals surface area contributed by atoms with Crippen molar-refractivity contribution in [1.82, 2.24) is 14.7 Å². The van der Waals surface area contributed by atoms with Gasteiger partial charge in [-0.05, 0) is 49.1 Å². The lowest BCUT2D eigenvalue weighted by Crippen LogP contribution is -2.56. The fourth-order valence-electron chi connectivity index (χ4n) is 5.02. The van der Waals surface area contributed by atoms with Gasteiger partial charge in [0.25, 0.3) is 5.91 Å². The number of piperidine rings is 1. The largest absolute Gasteiger partial charge is 0.497 e. The predicted octanol–water partition coefficient (Wildman–Crippen LogP) is 3.27. The lowest BCUT2D eigenvalue weighted by Gasteiger charge is -2.42. The molecular weight excluding hydrogens is 450 g/mol. The van der Waals surface area contributed by atoms with Crippen molar-refractivity contribution >= 4 is 11.9 Å². The van der Waals surface area contributed by atoms with Gasteiger partial charge in [-0.25, -0.2) is 4.79 Å². The first kappa shape index (κ1) is 25.2. The molecule has 2 aromatic rings. The van der Waals surface area contributed by atoms with Crippen molar-refractivity contribution in [3.63, 3.8) is 0 Å². The molecule has 4 rings (SSSR count). The van der Waals surface area contributed by atoms with Crippen LogP contribution < -0.4 is 4.74 Å². The molecule has 9 nitrogen and oxygen atoms in total. The number of hydrogen-bond acceptors (Lipinski definition) is 7. The number of benzene rings is 1. The average Bonchev–Trinajstić information content (AvgIpc) is 3.39. The van der Waals surface area contributed by atoms with Crippen molar-refractivity contribution < 1.29 is 28.2 Å². The Labute approximate surface area is 206 Å². The number of nitrogens with zero attached hydrogens (tertiary/aromatic N) is 3. The highest BCUT2D eigenvalue weighted by Crippen LogP contribution is 2.38. The fourth-order valence-corrected chi connectivity index (χ4v) is 5.02. The van der Waals surface area contributed by atoms with E-state index < -0.39 is 5.54 Å².